The quantitative estimate of drug-likeness (QED) is 0.620. The van der Waals surface area contributed by atoms with E-state index in [4.69, 9.17) is 11.6 Å². The minimum atomic E-state index is -0.727. The van der Waals surface area contributed by atoms with Crippen molar-refractivity contribution in [3.8, 4) is 0 Å². The summed E-state index contributed by atoms with van der Waals surface area (Å²) in [5, 5.41) is 4.42. The molecule has 0 saturated heterocycles. The summed E-state index contributed by atoms with van der Waals surface area (Å²) in [4.78, 5) is 14.1. The molecule has 3 aromatic rings. The fraction of sp³-hybridized carbons (Fsp3) is 0.200. The summed E-state index contributed by atoms with van der Waals surface area (Å²) in [5.41, 5.74) is 1.58. The van der Waals surface area contributed by atoms with Crippen molar-refractivity contribution >= 4 is 17.5 Å². The maximum absolute atomic E-state index is 13.9. The van der Waals surface area contributed by atoms with Crippen LogP contribution in [0.3, 0.4) is 0 Å². The predicted octanol–water partition coefficient (Wildman–Crippen LogP) is 4.58. The van der Waals surface area contributed by atoms with E-state index in [0.29, 0.717) is 5.69 Å². The second-order valence-electron chi connectivity index (χ2n) is 6.43. The van der Waals surface area contributed by atoms with Crippen molar-refractivity contribution in [2.24, 2.45) is 0 Å². The van der Waals surface area contributed by atoms with Gasteiger partial charge < -0.3 is 4.90 Å². The third-order valence-corrected chi connectivity index (χ3v) is 4.68. The molecule has 0 atom stereocenters. The second kappa shape index (κ2) is 8.06. The van der Waals surface area contributed by atoms with Crippen LogP contribution in [0.2, 0.25) is 5.15 Å². The molecule has 4 nitrogen and oxygen atoms in total. The molecule has 0 bridgehead atoms. The number of carbonyl (C=O) groups is 1. The highest BCUT2D eigenvalue weighted by Gasteiger charge is 2.24. The second-order valence-corrected chi connectivity index (χ2v) is 6.79. The van der Waals surface area contributed by atoms with Crippen LogP contribution in [0.4, 0.5) is 13.2 Å². The normalized spacial score (nSPS) is 10.9. The first-order valence-electron chi connectivity index (χ1n) is 8.43. The summed E-state index contributed by atoms with van der Waals surface area (Å²) in [6, 6.07) is 9.07. The van der Waals surface area contributed by atoms with Crippen LogP contribution in [0.1, 0.15) is 27.2 Å². The van der Waals surface area contributed by atoms with Gasteiger partial charge in [0.1, 0.15) is 22.6 Å². The molecule has 146 valence electrons. The van der Waals surface area contributed by atoms with Crippen molar-refractivity contribution in [1.82, 2.24) is 14.7 Å². The van der Waals surface area contributed by atoms with Crippen LogP contribution in [-0.2, 0) is 13.1 Å². The first kappa shape index (κ1) is 19.9. The van der Waals surface area contributed by atoms with Crippen LogP contribution >= 0.6 is 11.6 Å². The predicted molar refractivity (Wildman–Crippen MR) is 99.6 cm³/mol. The van der Waals surface area contributed by atoms with Crippen LogP contribution in [-0.4, -0.2) is 27.6 Å². The van der Waals surface area contributed by atoms with Gasteiger partial charge in [-0.3, -0.25) is 4.79 Å². The number of rotatable bonds is 5. The molecule has 3 rings (SSSR count). The highest BCUT2D eigenvalue weighted by molar-refractivity contribution is 6.33. The number of aromatic nitrogens is 2. The molecule has 0 unspecified atom stereocenters. The van der Waals surface area contributed by atoms with E-state index in [0.717, 1.165) is 17.7 Å². The molecule has 0 N–H and O–H groups in total. The third-order valence-electron chi connectivity index (χ3n) is 4.29. The fourth-order valence-corrected chi connectivity index (χ4v) is 3.15. The number of nitrogens with zero attached hydrogens (tertiary/aromatic N) is 3. The molecule has 0 aliphatic carbocycles. The van der Waals surface area contributed by atoms with Gasteiger partial charge in [-0.25, -0.2) is 17.9 Å². The molecular weight excluding hydrogens is 391 g/mol. The molecule has 0 fully saturated rings. The number of hydrogen-bond donors (Lipinski definition) is 0. The smallest absolute Gasteiger partial charge is 0.258 e. The van der Waals surface area contributed by atoms with Gasteiger partial charge in [-0.05, 0) is 30.7 Å². The Morgan fingerprint density at radius 1 is 1.11 bits per heavy atom. The highest BCUT2D eigenvalue weighted by atomic mass is 35.5. The standard InChI is InChI=1S/C20H17ClF3N3O/c1-12-18(19(21)27(25-12)10-13-3-6-15(22)7-4-13)20(28)26(2)11-14-5-8-16(23)9-17(14)24/h3-9H,10-11H2,1-2H3. The van der Waals surface area contributed by atoms with Gasteiger partial charge in [-0.15, -0.1) is 0 Å². The van der Waals surface area contributed by atoms with Crippen LogP contribution < -0.4 is 0 Å². The average molecular weight is 408 g/mol. The lowest BCUT2D eigenvalue weighted by molar-refractivity contribution is 0.0783. The molecule has 1 amide bonds. The van der Waals surface area contributed by atoms with Crippen LogP contribution in [0, 0.1) is 24.4 Å². The van der Waals surface area contributed by atoms with Crippen molar-refractivity contribution in [2.45, 2.75) is 20.0 Å². The first-order valence-corrected chi connectivity index (χ1v) is 8.81. The summed E-state index contributed by atoms with van der Waals surface area (Å²) < 4.78 is 41.4. The molecule has 2 aromatic carbocycles. The number of halogens is 4. The van der Waals surface area contributed by atoms with E-state index < -0.39 is 17.5 Å². The minimum absolute atomic E-state index is 0.0517. The fourth-order valence-electron chi connectivity index (χ4n) is 2.83. The zero-order valence-corrected chi connectivity index (χ0v) is 16.0. The van der Waals surface area contributed by atoms with E-state index >= 15 is 0 Å². The molecule has 1 heterocycles. The van der Waals surface area contributed by atoms with E-state index in [1.54, 1.807) is 19.1 Å². The van der Waals surface area contributed by atoms with Crippen molar-refractivity contribution < 1.29 is 18.0 Å². The van der Waals surface area contributed by atoms with Gasteiger partial charge in [0.25, 0.3) is 5.91 Å². The molecule has 0 saturated carbocycles. The SMILES string of the molecule is Cc1nn(Cc2ccc(F)cc2)c(Cl)c1C(=O)N(C)Cc1ccc(F)cc1F. The van der Waals surface area contributed by atoms with Crippen LogP contribution in [0.5, 0.6) is 0 Å². The van der Waals surface area contributed by atoms with Gasteiger partial charge in [0, 0.05) is 25.2 Å². The largest absolute Gasteiger partial charge is 0.337 e. The first-order chi connectivity index (χ1) is 13.3. The van der Waals surface area contributed by atoms with Crippen molar-refractivity contribution in [3.05, 3.63) is 87.5 Å². The Morgan fingerprint density at radius 3 is 2.39 bits per heavy atom. The number of aryl methyl sites for hydroxylation is 1. The zero-order valence-electron chi connectivity index (χ0n) is 15.2. The number of amides is 1. The summed E-state index contributed by atoms with van der Waals surface area (Å²) in [5.74, 6) is -2.20. The highest BCUT2D eigenvalue weighted by Crippen LogP contribution is 2.23. The zero-order chi connectivity index (χ0) is 20.4. The summed E-state index contributed by atoms with van der Waals surface area (Å²) in [6.07, 6.45) is 0. The van der Waals surface area contributed by atoms with E-state index in [2.05, 4.69) is 5.10 Å². The van der Waals surface area contributed by atoms with Crippen molar-refractivity contribution in [2.75, 3.05) is 7.05 Å². The van der Waals surface area contributed by atoms with Gasteiger partial charge >= 0.3 is 0 Å². The summed E-state index contributed by atoms with van der Waals surface area (Å²) in [7, 11) is 1.50. The lowest BCUT2D eigenvalue weighted by Gasteiger charge is -2.17. The lowest BCUT2D eigenvalue weighted by atomic mass is 10.1. The van der Waals surface area contributed by atoms with Crippen molar-refractivity contribution in [1.29, 1.82) is 0 Å². The maximum atomic E-state index is 13.9. The topological polar surface area (TPSA) is 38.1 Å². The van der Waals surface area contributed by atoms with E-state index in [9.17, 15) is 18.0 Å². The third kappa shape index (κ3) is 4.20. The number of benzene rings is 2. The van der Waals surface area contributed by atoms with Crippen molar-refractivity contribution in [3.63, 3.8) is 0 Å². The molecular formula is C20H17ClF3N3O. The summed E-state index contributed by atoms with van der Waals surface area (Å²) >= 11 is 6.36. The summed E-state index contributed by atoms with van der Waals surface area (Å²) in [6.45, 7) is 1.86. The van der Waals surface area contributed by atoms with Gasteiger partial charge in [0.05, 0.1) is 17.8 Å². The maximum Gasteiger partial charge on any atom is 0.258 e. The Hall–Kier alpha value is -2.80. The van der Waals surface area contributed by atoms with Gasteiger partial charge in [-0.1, -0.05) is 29.8 Å². The van der Waals surface area contributed by atoms with Crippen LogP contribution in [0.25, 0.3) is 0 Å². The molecule has 0 aliphatic rings. The van der Waals surface area contributed by atoms with Crippen LogP contribution in [0.15, 0.2) is 42.5 Å². The van der Waals surface area contributed by atoms with Gasteiger partial charge in [0.2, 0.25) is 0 Å². The Labute approximate surface area is 165 Å². The molecule has 0 spiro atoms. The molecule has 8 heteroatoms. The number of carbonyl (C=O) groups excluding carboxylic acids is 1. The molecule has 0 radical (unpaired) electrons. The Kier molecular flexibility index (Phi) is 5.74. The number of hydrogen-bond acceptors (Lipinski definition) is 2. The monoisotopic (exact) mass is 407 g/mol. The average Bonchev–Trinajstić information content (AvgIpc) is 2.92. The van der Waals surface area contributed by atoms with Gasteiger partial charge in [-0.2, -0.15) is 5.10 Å². The van der Waals surface area contributed by atoms with E-state index in [1.807, 2.05) is 0 Å². The van der Waals surface area contributed by atoms with E-state index in [-0.39, 0.29) is 35.2 Å². The Bertz CT molecular complexity index is 1020. The lowest BCUT2D eigenvalue weighted by Crippen LogP contribution is -2.27. The molecule has 1 aromatic heterocycles. The molecule has 28 heavy (non-hydrogen) atoms. The molecule has 0 aliphatic heterocycles. The Morgan fingerprint density at radius 2 is 1.75 bits per heavy atom. The Balaban J connectivity index is 1.81. The minimum Gasteiger partial charge on any atom is -0.337 e. The van der Waals surface area contributed by atoms with Gasteiger partial charge in [0.15, 0.2) is 0 Å². The van der Waals surface area contributed by atoms with E-state index in [1.165, 1.54) is 34.8 Å².